The molecule has 0 radical (unpaired) electrons. The van der Waals surface area contributed by atoms with Crippen molar-refractivity contribution in [3.8, 4) is 0 Å². The maximum Gasteiger partial charge on any atom is 0.279 e. The van der Waals surface area contributed by atoms with Crippen molar-refractivity contribution in [1.82, 2.24) is 5.32 Å². The van der Waals surface area contributed by atoms with Crippen LogP contribution in [0.2, 0.25) is 0 Å². The Morgan fingerprint density at radius 2 is 1.67 bits per heavy atom. The van der Waals surface area contributed by atoms with Crippen molar-refractivity contribution in [1.29, 1.82) is 0 Å². The fourth-order valence-electron chi connectivity index (χ4n) is 2.66. The average molecular weight is 334 g/mol. The number of nitrogens with two attached hydrogens (primary N) is 1. The summed E-state index contributed by atoms with van der Waals surface area (Å²) in [6.45, 7) is 11.0. The van der Waals surface area contributed by atoms with E-state index in [1.165, 1.54) is 0 Å². The summed E-state index contributed by atoms with van der Waals surface area (Å²) >= 11 is 0. The topological polar surface area (TPSA) is 74.8 Å². The van der Waals surface area contributed by atoms with E-state index in [4.69, 9.17) is 0 Å². The van der Waals surface area contributed by atoms with Gasteiger partial charge in [0.05, 0.1) is 6.54 Å². The largest absolute Gasteiger partial charge is 0.339 e. The highest BCUT2D eigenvalue weighted by Gasteiger charge is 2.29. The van der Waals surface area contributed by atoms with E-state index in [0.29, 0.717) is 12.3 Å². The monoisotopic (exact) mass is 334 g/mol. The lowest BCUT2D eigenvalue weighted by molar-refractivity contribution is -0.679. The molecule has 4 N–H and O–H groups in total. The first-order valence-electron chi connectivity index (χ1n) is 8.84. The molecule has 1 rings (SSSR count). The fraction of sp³-hybridized carbons (Fsp3) is 0.579. The molecule has 0 fully saturated rings. The molecule has 24 heavy (non-hydrogen) atoms. The molecule has 0 unspecified atom stereocenters. The number of anilines is 1. The Morgan fingerprint density at radius 1 is 1.04 bits per heavy atom. The van der Waals surface area contributed by atoms with E-state index < -0.39 is 6.04 Å². The summed E-state index contributed by atoms with van der Waals surface area (Å²) in [6, 6.07) is 8.63. The third-order valence-corrected chi connectivity index (χ3v) is 3.89. The lowest BCUT2D eigenvalue weighted by atomic mass is 10.00. The quantitative estimate of drug-likeness (QED) is 0.644. The Bertz CT molecular complexity index is 515. The summed E-state index contributed by atoms with van der Waals surface area (Å²) < 4.78 is 0. The van der Waals surface area contributed by atoms with Crippen LogP contribution in [0.1, 0.15) is 41.0 Å². The summed E-state index contributed by atoms with van der Waals surface area (Å²) in [5.41, 5.74) is 0.742. The number of carbonyl (C=O) groups excluding carboxylic acids is 2. The normalized spacial score (nSPS) is 13.6. The van der Waals surface area contributed by atoms with Gasteiger partial charge < -0.3 is 16.0 Å². The zero-order chi connectivity index (χ0) is 18.1. The number of hydrogen-bond acceptors (Lipinski definition) is 2. The number of amides is 2. The van der Waals surface area contributed by atoms with Crippen molar-refractivity contribution in [2.75, 3.05) is 11.9 Å². The molecule has 0 saturated heterocycles. The van der Waals surface area contributed by atoms with Crippen LogP contribution >= 0.6 is 0 Å². The van der Waals surface area contributed by atoms with Crippen LogP contribution in [-0.2, 0) is 9.59 Å². The highest BCUT2D eigenvalue weighted by Crippen LogP contribution is 2.10. The van der Waals surface area contributed by atoms with Crippen LogP contribution in [0.25, 0.3) is 0 Å². The molecule has 0 aliphatic rings. The lowest BCUT2D eigenvalue weighted by Crippen LogP contribution is -2.93. The minimum absolute atomic E-state index is 0.0688. The van der Waals surface area contributed by atoms with Gasteiger partial charge in [0, 0.05) is 11.6 Å². The smallest absolute Gasteiger partial charge is 0.279 e. The zero-order valence-corrected chi connectivity index (χ0v) is 15.5. The summed E-state index contributed by atoms with van der Waals surface area (Å²) in [5.74, 6) is 0.286. The second kappa shape index (κ2) is 10.1. The van der Waals surface area contributed by atoms with Crippen LogP contribution < -0.4 is 16.0 Å². The molecule has 134 valence electrons. The molecule has 0 saturated carbocycles. The van der Waals surface area contributed by atoms with E-state index in [1.54, 1.807) is 0 Å². The predicted molar refractivity (Wildman–Crippen MR) is 97.5 cm³/mol. The maximum absolute atomic E-state index is 12.6. The molecule has 1 aromatic carbocycles. The Labute approximate surface area is 145 Å². The first kappa shape index (κ1) is 20.2. The van der Waals surface area contributed by atoms with Gasteiger partial charge in [-0.3, -0.25) is 9.59 Å². The highest BCUT2D eigenvalue weighted by molar-refractivity contribution is 5.97. The number of nitrogens with one attached hydrogen (secondary N) is 2. The second-order valence-electron chi connectivity index (χ2n) is 6.96. The third kappa shape index (κ3) is 6.71. The number of quaternary nitrogens is 1. The lowest BCUT2D eigenvalue weighted by Gasteiger charge is -2.24. The van der Waals surface area contributed by atoms with Crippen molar-refractivity contribution >= 4 is 17.5 Å². The maximum atomic E-state index is 12.6. The zero-order valence-electron chi connectivity index (χ0n) is 15.5. The Kier molecular flexibility index (Phi) is 8.47. The number of hydrogen-bond donors (Lipinski definition) is 3. The molecule has 0 aliphatic carbocycles. The Balaban J connectivity index is 2.80. The van der Waals surface area contributed by atoms with Gasteiger partial charge >= 0.3 is 0 Å². The van der Waals surface area contributed by atoms with Crippen LogP contribution in [0.3, 0.4) is 0 Å². The molecule has 5 heteroatoms. The number of para-hydroxylation sites is 1. The van der Waals surface area contributed by atoms with Gasteiger partial charge in [0.25, 0.3) is 5.91 Å². The van der Waals surface area contributed by atoms with Gasteiger partial charge in [-0.15, -0.1) is 0 Å². The van der Waals surface area contributed by atoms with Gasteiger partial charge in [-0.25, -0.2) is 0 Å². The SMILES string of the molecule is CC[NH2+][C@H](C(=O)N[C@@H](CC(C)C)C(=O)Nc1ccccc1)C(C)C. The second-order valence-corrected chi connectivity index (χ2v) is 6.96. The van der Waals surface area contributed by atoms with Crippen molar-refractivity contribution in [3.05, 3.63) is 30.3 Å². The summed E-state index contributed by atoms with van der Waals surface area (Å²) in [7, 11) is 0. The van der Waals surface area contributed by atoms with Gasteiger partial charge in [0.2, 0.25) is 5.91 Å². The highest BCUT2D eigenvalue weighted by atomic mass is 16.2. The predicted octanol–water partition coefficient (Wildman–Crippen LogP) is 1.76. The first-order valence-corrected chi connectivity index (χ1v) is 8.84. The first-order chi connectivity index (χ1) is 11.3. The van der Waals surface area contributed by atoms with E-state index in [0.717, 1.165) is 12.2 Å². The Hall–Kier alpha value is -1.88. The number of rotatable bonds is 9. The van der Waals surface area contributed by atoms with Gasteiger partial charge in [0.1, 0.15) is 6.04 Å². The number of likely N-dealkylation sites (N-methyl/N-ethyl adjacent to an activating group) is 1. The minimum Gasteiger partial charge on any atom is -0.339 e. The van der Waals surface area contributed by atoms with Gasteiger partial charge in [0.15, 0.2) is 6.04 Å². The summed E-state index contributed by atoms with van der Waals surface area (Å²) in [5, 5.41) is 7.86. The van der Waals surface area contributed by atoms with Crippen LogP contribution in [0.5, 0.6) is 0 Å². The molecule has 0 bridgehead atoms. The molecular formula is C19H32N3O2+. The van der Waals surface area contributed by atoms with E-state index in [1.807, 2.05) is 70.3 Å². The summed E-state index contributed by atoms with van der Waals surface area (Å²) in [6.07, 6.45) is 0.612. The van der Waals surface area contributed by atoms with E-state index in [2.05, 4.69) is 10.6 Å². The van der Waals surface area contributed by atoms with Gasteiger partial charge in [-0.2, -0.15) is 0 Å². The van der Waals surface area contributed by atoms with Crippen molar-refractivity contribution < 1.29 is 14.9 Å². The molecule has 0 aromatic heterocycles. The van der Waals surface area contributed by atoms with Crippen LogP contribution in [0.15, 0.2) is 30.3 Å². The van der Waals surface area contributed by atoms with Crippen molar-refractivity contribution in [2.45, 2.75) is 53.1 Å². The molecule has 0 spiro atoms. The van der Waals surface area contributed by atoms with Crippen LogP contribution in [0.4, 0.5) is 5.69 Å². The number of benzene rings is 1. The molecule has 5 nitrogen and oxygen atoms in total. The van der Waals surface area contributed by atoms with Crippen molar-refractivity contribution in [2.24, 2.45) is 11.8 Å². The number of carbonyl (C=O) groups is 2. The fourth-order valence-corrected chi connectivity index (χ4v) is 2.66. The van der Waals surface area contributed by atoms with E-state index >= 15 is 0 Å². The molecule has 1 aromatic rings. The molecular weight excluding hydrogens is 302 g/mol. The molecule has 0 aliphatic heterocycles. The average Bonchev–Trinajstić information content (AvgIpc) is 2.52. The van der Waals surface area contributed by atoms with Gasteiger partial charge in [-0.1, -0.05) is 45.9 Å². The van der Waals surface area contributed by atoms with Crippen molar-refractivity contribution in [3.63, 3.8) is 0 Å². The molecule has 2 atom stereocenters. The Morgan fingerprint density at radius 3 is 2.17 bits per heavy atom. The van der Waals surface area contributed by atoms with E-state index in [-0.39, 0.29) is 23.8 Å². The van der Waals surface area contributed by atoms with E-state index in [9.17, 15) is 9.59 Å². The van der Waals surface area contributed by atoms with Gasteiger partial charge in [-0.05, 0) is 31.4 Å². The molecule has 0 heterocycles. The minimum atomic E-state index is -0.524. The third-order valence-electron chi connectivity index (χ3n) is 3.89. The standard InChI is InChI=1S/C19H31N3O2/c1-6-20-17(14(4)5)19(24)22-16(12-13(2)3)18(23)21-15-10-8-7-9-11-15/h7-11,13-14,16-17,20H,6,12H2,1-5H3,(H,21,23)(H,22,24)/p+1/t16-,17-/m0/s1. The van der Waals surface area contributed by atoms with Crippen LogP contribution in [-0.4, -0.2) is 30.4 Å². The van der Waals surface area contributed by atoms with Crippen LogP contribution in [0, 0.1) is 11.8 Å². The summed E-state index contributed by atoms with van der Waals surface area (Å²) in [4.78, 5) is 25.2. The molecule has 2 amide bonds.